The van der Waals surface area contributed by atoms with Gasteiger partial charge in [0.05, 0.1) is 5.02 Å². The Kier molecular flexibility index (Phi) is 9.58. The molecule has 1 fully saturated rings. The Morgan fingerprint density at radius 3 is 2.46 bits per heavy atom. The van der Waals surface area contributed by atoms with E-state index >= 15 is 0 Å². The molecule has 1 N–H and O–H groups in total. The summed E-state index contributed by atoms with van der Waals surface area (Å²) < 4.78 is 21.2. The van der Waals surface area contributed by atoms with Gasteiger partial charge >= 0.3 is 0 Å². The quantitative estimate of drug-likeness (QED) is 0.302. The summed E-state index contributed by atoms with van der Waals surface area (Å²) in [4.78, 5) is 28.7. The molecule has 8 heteroatoms. The van der Waals surface area contributed by atoms with E-state index in [0.29, 0.717) is 22.8 Å². The van der Waals surface area contributed by atoms with Crippen molar-refractivity contribution in [2.75, 3.05) is 6.61 Å². The van der Waals surface area contributed by atoms with Crippen LogP contribution in [0.4, 0.5) is 4.39 Å². The summed E-state index contributed by atoms with van der Waals surface area (Å²) in [6.45, 7) is -0.420. The van der Waals surface area contributed by atoms with Crippen molar-refractivity contribution in [3.8, 4) is 5.75 Å². The number of halogens is 3. The maximum atomic E-state index is 14.7. The zero-order valence-corrected chi connectivity index (χ0v) is 22.7. The minimum atomic E-state index is -0.848. The van der Waals surface area contributed by atoms with Gasteiger partial charge in [0.2, 0.25) is 5.91 Å². The summed E-state index contributed by atoms with van der Waals surface area (Å²) in [5.41, 5.74) is 1.22. The number of carbonyl (C=O) groups is 2. The van der Waals surface area contributed by atoms with Gasteiger partial charge < -0.3 is 15.0 Å². The molecule has 0 aliphatic heterocycles. The smallest absolute Gasteiger partial charge is 0.261 e. The first-order valence-electron chi connectivity index (χ1n) is 12.4. The van der Waals surface area contributed by atoms with E-state index in [1.165, 1.54) is 11.0 Å². The molecule has 4 rings (SSSR count). The van der Waals surface area contributed by atoms with Crippen LogP contribution in [-0.2, 0) is 22.6 Å². The van der Waals surface area contributed by atoms with Crippen LogP contribution in [0.25, 0.3) is 0 Å². The molecule has 1 atom stereocenters. The molecule has 3 aromatic rings. The van der Waals surface area contributed by atoms with Gasteiger partial charge in [-0.25, -0.2) is 4.39 Å². The van der Waals surface area contributed by atoms with Crippen molar-refractivity contribution >= 4 is 39.3 Å². The lowest BCUT2D eigenvalue weighted by molar-refractivity contribution is -0.143. The number of amides is 2. The second-order valence-electron chi connectivity index (χ2n) is 9.17. The minimum Gasteiger partial charge on any atom is -0.482 e. The number of hydrogen-bond acceptors (Lipinski definition) is 3. The molecule has 0 radical (unpaired) electrons. The molecular weight excluding hydrogens is 559 g/mol. The highest BCUT2D eigenvalue weighted by atomic mass is 79.9. The Morgan fingerprint density at radius 2 is 1.76 bits per heavy atom. The molecule has 0 aromatic heterocycles. The van der Waals surface area contributed by atoms with Crippen LogP contribution in [0, 0.1) is 5.82 Å². The van der Waals surface area contributed by atoms with Crippen molar-refractivity contribution in [2.45, 2.75) is 50.7 Å². The predicted molar refractivity (Wildman–Crippen MR) is 146 cm³/mol. The van der Waals surface area contributed by atoms with E-state index in [1.807, 2.05) is 30.3 Å². The van der Waals surface area contributed by atoms with Gasteiger partial charge in [0.1, 0.15) is 17.6 Å². The van der Waals surface area contributed by atoms with Crippen LogP contribution in [0.1, 0.15) is 36.8 Å². The molecule has 0 spiro atoms. The molecule has 1 aliphatic rings. The number of carbonyl (C=O) groups excluding carboxylic acids is 2. The fourth-order valence-electron chi connectivity index (χ4n) is 4.55. The van der Waals surface area contributed by atoms with E-state index in [-0.39, 0.29) is 25.1 Å². The Hall–Kier alpha value is -2.90. The van der Waals surface area contributed by atoms with Crippen LogP contribution in [-0.4, -0.2) is 35.4 Å². The van der Waals surface area contributed by atoms with Crippen LogP contribution in [0.2, 0.25) is 5.02 Å². The van der Waals surface area contributed by atoms with Crippen molar-refractivity contribution in [1.29, 1.82) is 0 Å². The SMILES string of the molecule is O=C(NC1CCCC1)[C@@H](Cc1ccccc1)N(Cc1ccccc1F)C(=O)COc1ccc(Br)cc1Cl. The average molecular weight is 588 g/mol. The zero-order chi connectivity index (χ0) is 26.2. The van der Waals surface area contributed by atoms with Crippen LogP contribution >= 0.6 is 27.5 Å². The number of rotatable bonds is 10. The highest BCUT2D eigenvalue weighted by Crippen LogP contribution is 2.28. The van der Waals surface area contributed by atoms with Gasteiger partial charge in [-0.3, -0.25) is 9.59 Å². The van der Waals surface area contributed by atoms with E-state index in [0.717, 1.165) is 35.7 Å². The van der Waals surface area contributed by atoms with E-state index < -0.39 is 17.8 Å². The molecule has 0 saturated heterocycles. The van der Waals surface area contributed by atoms with Gasteiger partial charge in [-0.2, -0.15) is 0 Å². The second-order valence-corrected chi connectivity index (χ2v) is 10.5. The summed E-state index contributed by atoms with van der Waals surface area (Å²) in [7, 11) is 0. The third-order valence-electron chi connectivity index (χ3n) is 6.52. The summed E-state index contributed by atoms with van der Waals surface area (Å²) in [6, 6.07) is 20.1. The normalized spacial score (nSPS) is 14.2. The van der Waals surface area contributed by atoms with Crippen molar-refractivity contribution in [3.05, 3.63) is 99.2 Å². The molecule has 1 aliphatic carbocycles. The van der Waals surface area contributed by atoms with Gasteiger partial charge in [0, 0.05) is 29.0 Å². The number of nitrogens with one attached hydrogen (secondary N) is 1. The summed E-state index contributed by atoms with van der Waals surface area (Å²) >= 11 is 9.62. The lowest BCUT2D eigenvalue weighted by atomic mass is 10.0. The first-order chi connectivity index (χ1) is 17.9. The standard InChI is InChI=1S/C29H29BrClFN2O3/c30-22-14-15-27(24(31)17-22)37-19-28(35)34(18-21-10-4-7-13-25(21)32)26(16-20-8-2-1-3-9-20)29(36)33-23-11-5-6-12-23/h1-4,7-10,13-15,17,23,26H,5-6,11-12,16,18-19H2,(H,33,36)/t26-/m1/s1. The van der Waals surface area contributed by atoms with Gasteiger partial charge in [-0.15, -0.1) is 0 Å². The Bertz CT molecular complexity index is 1220. The van der Waals surface area contributed by atoms with E-state index in [2.05, 4.69) is 21.2 Å². The van der Waals surface area contributed by atoms with Crippen LogP contribution in [0.3, 0.4) is 0 Å². The van der Waals surface area contributed by atoms with E-state index in [4.69, 9.17) is 16.3 Å². The van der Waals surface area contributed by atoms with Gasteiger partial charge in [-0.05, 0) is 42.7 Å². The molecule has 2 amide bonds. The number of nitrogens with zero attached hydrogens (tertiary/aromatic N) is 1. The lowest BCUT2D eigenvalue weighted by Crippen LogP contribution is -2.53. The highest BCUT2D eigenvalue weighted by Gasteiger charge is 2.33. The largest absolute Gasteiger partial charge is 0.482 e. The third kappa shape index (κ3) is 7.55. The average Bonchev–Trinajstić information content (AvgIpc) is 3.40. The molecule has 0 unspecified atom stereocenters. The van der Waals surface area contributed by atoms with Gasteiger partial charge in [0.25, 0.3) is 5.91 Å². The highest BCUT2D eigenvalue weighted by molar-refractivity contribution is 9.10. The van der Waals surface area contributed by atoms with Crippen LogP contribution in [0.15, 0.2) is 77.3 Å². The van der Waals surface area contributed by atoms with Gasteiger partial charge in [-0.1, -0.05) is 88.9 Å². The van der Waals surface area contributed by atoms with E-state index in [9.17, 15) is 14.0 Å². The Morgan fingerprint density at radius 1 is 1.05 bits per heavy atom. The first kappa shape index (κ1) is 27.1. The van der Waals surface area contributed by atoms with Crippen molar-refractivity contribution in [1.82, 2.24) is 10.2 Å². The fraction of sp³-hybridized carbons (Fsp3) is 0.310. The molecule has 5 nitrogen and oxygen atoms in total. The number of benzene rings is 3. The fourth-order valence-corrected chi connectivity index (χ4v) is 5.27. The summed E-state index contributed by atoms with van der Waals surface area (Å²) in [5.74, 6) is -0.780. The van der Waals surface area contributed by atoms with Gasteiger partial charge in [0.15, 0.2) is 6.61 Å². The monoisotopic (exact) mass is 586 g/mol. The number of ether oxygens (including phenoxy) is 1. The molecule has 0 bridgehead atoms. The van der Waals surface area contributed by atoms with Crippen molar-refractivity contribution < 1.29 is 18.7 Å². The summed E-state index contributed by atoms with van der Waals surface area (Å²) in [5, 5.41) is 3.48. The molecule has 37 heavy (non-hydrogen) atoms. The Labute approximate surface area is 230 Å². The third-order valence-corrected chi connectivity index (χ3v) is 7.30. The molecule has 194 valence electrons. The minimum absolute atomic E-state index is 0.0709. The maximum Gasteiger partial charge on any atom is 0.261 e. The topological polar surface area (TPSA) is 58.6 Å². The van der Waals surface area contributed by atoms with Crippen molar-refractivity contribution in [3.63, 3.8) is 0 Å². The van der Waals surface area contributed by atoms with Crippen molar-refractivity contribution in [2.24, 2.45) is 0 Å². The predicted octanol–water partition coefficient (Wildman–Crippen LogP) is 6.32. The molecule has 0 heterocycles. The zero-order valence-electron chi connectivity index (χ0n) is 20.3. The molecule has 1 saturated carbocycles. The first-order valence-corrected chi connectivity index (χ1v) is 13.5. The van der Waals surface area contributed by atoms with E-state index in [1.54, 1.807) is 36.4 Å². The summed E-state index contributed by atoms with van der Waals surface area (Å²) in [6.07, 6.45) is 4.24. The molecular formula is C29H29BrClFN2O3. The Balaban J connectivity index is 1.63. The maximum absolute atomic E-state index is 14.7. The number of hydrogen-bond donors (Lipinski definition) is 1. The lowest BCUT2D eigenvalue weighted by Gasteiger charge is -2.32. The van der Waals surface area contributed by atoms with Crippen LogP contribution < -0.4 is 10.1 Å². The van der Waals surface area contributed by atoms with Crippen LogP contribution in [0.5, 0.6) is 5.75 Å². The molecule has 3 aromatic carbocycles. The second kappa shape index (κ2) is 13.1.